The number of amides is 3. The number of anilines is 2. The second-order valence-corrected chi connectivity index (χ2v) is 7.51. The van der Waals surface area contributed by atoms with E-state index in [0.717, 1.165) is 18.7 Å². The van der Waals surface area contributed by atoms with Gasteiger partial charge in [0.15, 0.2) is 0 Å². The standard InChI is InChI=1S/C25H28N4O3/c1-29(2)18-6-17-26-24(30)19-9-11-20(12-10-19)27-25(31)28-21-13-15-23(16-14-21)32-22-7-4-3-5-8-22/h3-5,7-16H,6,17-18H2,1-2H3,(H,26,30)(H2,27,28,31). The third kappa shape index (κ3) is 7.45. The zero-order valence-corrected chi connectivity index (χ0v) is 18.3. The smallest absolute Gasteiger partial charge is 0.323 e. The normalized spacial score (nSPS) is 10.5. The van der Waals surface area contributed by atoms with Gasteiger partial charge in [0, 0.05) is 23.5 Å². The summed E-state index contributed by atoms with van der Waals surface area (Å²) in [4.78, 5) is 26.5. The van der Waals surface area contributed by atoms with Gasteiger partial charge in [0.1, 0.15) is 11.5 Å². The van der Waals surface area contributed by atoms with Crippen LogP contribution in [-0.2, 0) is 0 Å². The van der Waals surface area contributed by atoms with Crippen LogP contribution in [0.25, 0.3) is 0 Å². The summed E-state index contributed by atoms with van der Waals surface area (Å²) in [6, 6.07) is 23.0. The fourth-order valence-electron chi connectivity index (χ4n) is 2.93. The Balaban J connectivity index is 1.45. The molecule has 0 aliphatic carbocycles. The maximum Gasteiger partial charge on any atom is 0.323 e. The Bertz CT molecular complexity index is 1000. The highest BCUT2D eigenvalue weighted by molar-refractivity contribution is 6.00. The van der Waals surface area contributed by atoms with E-state index in [-0.39, 0.29) is 11.9 Å². The van der Waals surface area contributed by atoms with Gasteiger partial charge in [0.05, 0.1) is 0 Å². The molecule has 0 heterocycles. The first-order valence-corrected chi connectivity index (χ1v) is 10.4. The molecule has 32 heavy (non-hydrogen) atoms. The molecule has 0 atom stereocenters. The molecular weight excluding hydrogens is 404 g/mol. The van der Waals surface area contributed by atoms with Crippen molar-refractivity contribution in [1.29, 1.82) is 0 Å². The Morgan fingerprint density at radius 3 is 1.94 bits per heavy atom. The Kier molecular flexibility index (Phi) is 8.22. The molecule has 0 fully saturated rings. The lowest BCUT2D eigenvalue weighted by Gasteiger charge is -2.11. The van der Waals surface area contributed by atoms with Crippen LogP contribution in [0.4, 0.5) is 16.2 Å². The molecule has 0 aliphatic rings. The number of nitrogens with one attached hydrogen (secondary N) is 3. The highest BCUT2D eigenvalue weighted by Crippen LogP contribution is 2.22. The summed E-state index contributed by atoms with van der Waals surface area (Å²) in [6.45, 7) is 1.54. The fraction of sp³-hybridized carbons (Fsp3) is 0.200. The lowest BCUT2D eigenvalue weighted by atomic mass is 10.2. The number of hydrogen-bond donors (Lipinski definition) is 3. The summed E-state index contributed by atoms with van der Waals surface area (Å²) in [7, 11) is 4.00. The first kappa shape index (κ1) is 22.8. The third-order valence-electron chi connectivity index (χ3n) is 4.56. The number of ether oxygens (including phenoxy) is 1. The number of rotatable bonds is 9. The monoisotopic (exact) mass is 432 g/mol. The van der Waals surface area contributed by atoms with E-state index in [1.807, 2.05) is 44.4 Å². The third-order valence-corrected chi connectivity index (χ3v) is 4.56. The minimum atomic E-state index is -0.373. The summed E-state index contributed by atoms with van der Waals surface area (Å²) >= 11 is 0. The molecule has 0 saturated carbocycles. The van der Waals surface area contributed by atoms with E-state index < -0.39 is 0 Å². The Hall–Kier alpha value is -3.84. The molecule has 7 heteroatoms. The summed E-state index contributed by atoms with van der Waals surface area (Å²) in [5.74, 6) is 1.30. The quantitative estimate of drug-likeness (QED) is 0.424. The topological polar surface area (TPSA) is 82.7 Å². The molecule has 3 amide bonds. The van der Waals surface area contributed by atoms with Crippen LogP contribution in [0.3, 0.4) is 0 Å². The fourth-order valence-corrected chi connectivity index (χ4v) is 2.93. The Labute approximate surface area is 188 Å². The molecule has 0 spiro atoms. The summed E-state index contributed by atoms with van der Waals surface area (Å²) < 4.78 is 5.74. The second-order valence-electron chi connectivity index (χ2n) is 7.51. The van der Waals surface area contributed by atoms with E-state index in [1.165, 1.54) is 0 Å². The molecule has 0 unspecified atom stereocenters. The lowest BCUT2D eigenvalue weighted by Crippen LogP contribution is -2.27. The van der Waals surface area contributed by atoms with Crippen LogP contribution in [0, 0.1) is 0 Å². The highest BCUT2D eigenvalue weighted by Gasteiger charge is 2.07. The van der Waals surface area contributed by atoms with Crippen LogP contribution in [0.1, 0.15) is 16.8 Å². The van der Waals surface area contributed by atoms with Gasteiger partial charge in [-0.2, -0.15) is 0 Å². The van der Waals surface area contributed by atoms with E-state index >= 15 is 0 Å². The Morgan fingerprint density at radius 1 is 0.781 bits per heavy atom. The van der Waals surface area contributed by atoms with Crippen LogP contribution in [0.5, 0.6) is 11.5 Å². The van der Waals surface area contributed by atoms with Gasteiger partial charge in [-0.05, 0) is 87.7 Å². The van der Waals surface area contributed by atoms with Gasteiger partial charge in [-0.15, -0.1) is 0 Å². The zero-order valence-electron chi connectivity index (χ0n) is 18.3. The first-order chi connectivity index (χ1) is 15.5. The minimum Gasteiger partial charge on any atom is -0.457 e. The van der Waals surface area contributed by atoms with Crippen molar-refractivity contribution in [3.8, 4) is 11.5 Å². The van der Waals surface area contributed by atoms with E-state index in [9.17, 15) is 9.59 Å². The number of carbonyl (C=O) groups excluding carboxylic acids is 2. The van der Waals surface area contributed by atoms with E-state index in [0.29, 0.717) is 29.2 Å². The van der Waals surface area contributed by atoms with Crippen molar-refractivity contribution in [2.45, 2.75) is 6.42 Å². The number of nitrogens with zero attached hydrogens (tertiary/aromatic N) is 1. The van der Waals surface area contributed by atoms with Crippen LogP contribution in [-0.4, -0.2) is 44.0 Å². The van der Waals surface area contributed by atoms with Gasteiger partial charge < -0.3 is 25.6 Å². The zero-order chi connectivity index (χ0) is 22.8. The number of benzene rings is 3. The van der Waals surface area contributed by atoms with Gasteiger partial charge >= 0.3 is 6.03 Å². The molecule has 3 aromatic carbocycles. The van der Waals surface area contributed by atoms with Crippen molar-refractivity contribution in [3.05, 3.63) is 84.4 Å². The molecular formula is C25H28N4O3. The average molecular weight is 433 g/mol. The van der Waals surface area contributed by atoms with Gasteiger partial charge in [0.25, 0.3) is 5.91 Å². The molecule has 0 radical (unpaired) electrons. The largest absolute Gasteiger partial charge is 0.457 e. The molecule has 0 bridgehead atoms. The second kappa shape index (κ2) is 11.5. The summed E-state index contributed by atoms with van der Waals surface area (Å²) in [6.07, 6.45) is 0.887. The van der Waals surface area contributed by atoms with Gasteiger partial charge in [-0.25, -0.2) is 4.79 Å². The van der Waals surface area contributed by atoms with Crippen molar-refractivity contribution in [1.82, 2.24) is 10.2 Å². The van der Waals surface area contributed by atoms with Crippen molar-refractivity contribution in [2.24, 2.45) is 0 Å². The van der Waals surface area contributed by atoms with Crippen LogP contribution in [0.2, 0.25) is 0 Å². The predicted molar refractivity (Wildman–Crippen MR) is 128 cm³/mol. The number of carbonyl (C=O) groups is 2. The minimum absolute atomic E-state index is 0.127. The highest BCUT2D eigenvalue weighted by atomic mass is 16.5. The maximum absolute atomic E-state index is 12.3. The van der Waals surface area contributed by atoms with Crippen molar-refractivity contribution in [2.75, 3.05) is 37.8 Å². The number of para-hydroxylation sites is 1. The molecule has 3 rings (SSSR count). The Morgan fingerprint density at radius 2 is 1.34 bits per heavy atom. The molecule has 166 valence electrons. The molecule has 0 aliphatic heterocycles. The molecule has 0 saturated heterocycles. The van der Waals surface area contributed by atoms with Crippen LogP contribution >= 0.6 is 0 Å². The summed E-state index contributed by atoms with van der Waals surface area (Å²) in [5.41, 5.74) is 1.78. The van der Waals surface area contributed by atoms with Crippen LogP contribution in [0.15, 0.2) is 78.9 Å². The van der Waals surface area contributed by atoms with E-state index in [1.54, 1.807) is 48.5 Å². The SMILES string of the molecule is CN(C)CCCNC(=O)c1ccc(NC(=O)Nc2ccc(Oc3ccccc3)cc2)cc1. The molecule has 0 aromatic heterocycles. The van der Waals surface area contributed by atoms with Crippen molar-refractivity contribution in [3.63, 3.8) is 0 Å². The molecule has 3 aromatic rings. The van der Waals surface area contributed by atoms with Gasteiger partial charge in [0.2, 0.25) is 0 Å². The number of hydrogen-bond acceptors (Lipinski definition) is 4. The van der Waals surface area contributed by atoms with Crippen molar-refractivity contribution < 1.29 is 14.3 Å². The van der Waals surface area contributed by atoms with Gasteiger partial charge in [-0.3, -0.25) is 4.79 Å². The van der Waals surface area contributed by atoms with E-state index in [4.69, 9.17) is 4.74 Å². The lowest BCUT2D eigenvalue weighted by molar-refractivity contribution is 0.0952. The van der Waals surface area contributed by atoms with Gasteiger partial charge in [-0.1, -0.05) is 18.2 Å². The van der Waals surface area contributed by atoms with E-state index in [2.05, 4.69) is 20.9 Å². The molecule has 3 N–H and O–H groups in total. The van der Waals surface area contributed by atoms with Crippen molar-refractivity contribution >= 4 is 23.3 Å². The summed E-state index contributed by atoms with van der Waals surface area (Å²) in [5, 5.41) is 8.42. The maximum atomic E-state index is 12.3. The number of urea groups is 1. The molecule has 7 nitrogen and oxygen atoms in total. The first-order valence-electron chi connectivity index (χ1n) is 10.4. The average Bonchev–Trinajstić information content (AvgIpc) is 2.79. The predicted octanol–water partition coefficient (Wildman–Crippen LogP) is 4.80. The van der Waals surface area contributed by atoms with Crippen LogP contribution < -0.4 is 20.7 Å².